The zero-order valence-electron chi connectivity index (χ0n) is 11.6. The standard InChI is InChI=1S/C14H22N2O3S/c17-7-6-13(12-4-2-1-3-5-12)15-9-11-8-14(16(18)19)20-10-11/h8,10,12-13,15,17H,1-7,9H2. The summed E-state index contributed by atoms with van der Waals surface area (Å²) < 4.78 is 0. The summed E-state index contributed by atoms with van der Waals surface area (Å²) in [6.45, 7) is 0.837. The summed E-state index contributed by atoms with van der Waals surface area (Å²) in [5, 5.41) is 25.4. The third-order valence-electron chi connectivity index (χ3n) is 4.05. The van der Waals surface area contributed by atoms with Crippen molar-refractivity contribution in [2.24, 2.45) is 5.92 Å². The Hall–Kier alpha value is -0.980. The lowest BCUT2D eigenvalue weighted by Crippen LogP contribution is -2.37. The van der Waals surface area contributed by atoms with Gasteiger partial charge < -0.3 is 10.4 Å². The van der Waals surface area contributed by atoms with Crippen LogP contribution in [-0.2, 0) is 6.54 Å². The number of aliphatic hydroxyl groups excluding tert-OH is 1. The molecule has 0 amide bonds. The van der Waals surface area contributed by atoms with Gasteiger partial charge in [0.15, 0.2) is 0 Å². The molecule has 2 N–H and O–H groups in total. The molecule has 2 rings (SSSR count). The summed E-state index contributed by atoms with van der Waals surface area (Å²) in [5.41, 5.74) is 0.959. The Morgan fingerprint density at radius 1 is 1.45 bits per heavy atom. The zero-order chi connectivity index (χ0) is 14.4. The predicted octanol–water partition coefficient (Wildman–Crippen LogP) is 3.08. The van der Waals surface area contributed by atoms with Gasteiger partial charge in [-0.05, 0) is 30.7 Å². The SMILES string of the molecule is O=[N+]([O-])c1cc(CNC(CCO)C2CCCCC2)cs1. The maximum Gasteiger partial charge on any atom is 0.324 e. The minimum Gasteiger partial charge on any atom is -0.396 e. The molecule has 1 saturated carbocycles. The molecule has 0 spiro atoms. The lowest BCUT2D eigenvalue weighted by Gasteiger charge is -2.30. The Balaban J connectivity index is 1.88. The van der Waals surface area contributed by atoms with E-state index in [2.05, 4.69) is 5.32 Å². The van der Waals surface area contributed by atoms with Crippen molar-refractivity contribution >= 4 is 16.3 Å². The van der Waals surface area contributed by atoms with E-state index in [1.165, 1.54) is 43.4 Å². The van der Waals surface area contributed by atoms with Crippen molar-refractivity contribution in [3.8, 4) is 0 Å². The first-order chi connectivity index (χ1) is 9.70. The van der Waals surface area contributed by atoms with Gasteiger partial charge in [-0.15, -0.1) is 0 Å². The summed E-state index contributed by atoms with van der Waals surface area (Å²) in [7, 11) is 0. The fraction of sp³-hybridized carbons (Fsp3) is 0.714. The highest BCUT2D eigenvalue weighted by atomic mass is 32.1. The average Bonchev–Trinajstić information content (AvgIpc) is 2.93. The van der Waals surface area contributed by atoms with Gasteiger partial charge in [0.05, 0.1) is 4.92 Å². The number of aliphatic hydroxyl groups is 1. The maximum absolute atomic E-state index is 10.7. The maximum atomic E-state index is 10.7. The number of hydrogen-bond donors (Lipinski definition) is 2. The van der Waals surface area contributed by atoms with Crippen LogP contribution in [0.1, 0.15) is 44.1 Å². The van der Waals surface area contributed by atoms with Gasteiger partial charge in [0.25, 0.3) is 0 Å². The molecule has 1 aromatic heterocycles. The normalized spacial score (nSPS) is 18.1. The highest BCUT2D eigenvalue weighted by molar-refractivity contribution is 7.13. The van der Waals surface area contributed by atoms with Gasteiger partial charge in [0, 0.05) is 30.6 Å². The van der Waals surface area contributed by atoms with Crippen molar-refractivity contribution < 1.29 is 10.0 Å². The van der Waals surface area contributed by atoms with Crippen LogP contribution in [-0.4, -0.2) is 22.7 Å². The van der Waals surface area contributed by atoms with Crippen LogP contribution < -0.4 is 5.32 Å². The first-order valence-electron chi connectivity index (χ1n) is 7.26. The predicted molar refractivity (Wildman–Crippen MR) is 79.9 cm³/mol. The van der Waals surface area contributed by atoms with Crippen molar-refractivity contribution in [1.82, 2.24) is 5.32 Å². The average molecular weight is 298 g/mol. The number of nitrogens with one attached hydrogen (secondary N) is 1. The van der Waals surface area contributed by atoms with Gasteiger partial charge in [-0.2, -0.15) is 0 Å². The molecule has 112 valence electrons. The third kappa shape index (κ3) is 4.26. The lowest BCUT2D eigenvalue weighted by atomic mass is 9.82. The third-order valence-corrected chi connectivity index (χ3v) is 4.98. The van der Waals surface area contributed by atoms with Gasteiger partial charge in [0.2, 0.25) is 0 Å². The van der Waals surface area contributed by atoms with E-state index in [-0.39, 0.29) is 16.5 Å². The van der Waals surface area contributed by atoms with Gasteiger partial charge in [-0.1, -0.05) is 30.6 Å². The molecular formula is C14H22N2O3S. The van der Waals surface area contributed by atoms with Gasteiger partial charge in [-0.3, -0.25) is 10.1 Å². The highest BCUT2D eigenvalue weighted by Gasteiger charge is 2.23. The first-order valence-corrected chi connectivity index (χ1v) is 8.14. The molecule has 0 aliphatic heterocycles. The van der Waals surface area contributed by atoms with Crippen LogP contribution in [0.3, 0.4) is 0 Å². The Morgan fingerprint density at radius 3 is 2.80 bits per heavy atom. The quantitative estimate of drug-likeness (QED) is 0.599. The van der Waals surface area contributed by atoms with Gasteiger partial charge >= 0.3 is 5.00 Å². The van der Waals surface area contributed by atoms with E-state index >= 15 is 0 Å². The molecule has 1 aliphatic carbocycles. The molecule has 1 atom stereocenters. The van der Waals surface area contributed by atoms with Crippen LogP contribution in [0.4, 0.5) is 5.00 Å². The Bertz CT molecular complexity index is 430. The van der Waals surface area contributed by atoms with Crippen molar-refractivity contribution in [1.29, 1.82) is 0 Å². The highest BCUT2D eigenvalue weighted by Crippen LogP contribution is 2.28. The Morgan fingerprint density at radius 2 is 2.20 bits per heavy atom. The second-order valence-electron chi connectivity index (χ2n) is 5.45. The number of thiophene rings is 1. The molecule has 0 bridgehead atoms. The molecule has 1 aromatic rings. The van der Waals surface area contributed by atoms with E-state index in [0.29, 0.717) is 18.5 Å². The number of rotatable bonds is 7. The molecule has 1 fully saturated rings. The molecule has 5 nitrogen and oxygen atoms in total. The summed E-state index contributed by atoms with van der Waals surface area (Å²) >= 11 is 1.17. The first kappa shape index (κ1) is 15.4. The number of nitrogens with zero attached hydrogens (tertiary/aromatic N) is 1. The summed E-state index contributed by atoms with van der Waals surface area (Å²) in [5.74, 6) is 0.629. The van der Waals surface area contributed by atoms with Crippen molar-refractivity contribution in [2.75, 3.05) is 6.61 Å². The summed E-state index contributed by atoms with van der Waals surface area (Å²) in [6, 6.07) is 1.95. The zero-order valence-corrected chi connectivity index (χ0v) is 12.4. The second-order valence-corrected chi connectivity index (χ2v) is 6.34. The minimum absolute atomic E-state index is 0.192. The molecule has 20 heavy (non-hydrogen) atoms. The van der Waals surface area contributed by atoms with Crippen LogP contribution in [0.15, 0.2) is 11.4 Å². The molecule has 1 unspecified atom stereocenters. The fourth-order valence-corrected chi connectivity index (χ4v) is 3.71. The molecule has 6 heteroatoms. The van der Waals surface area contributed by atoms with Crippen LogP contribution in [0.25, 0.3) is 0 Å². The van der Waals surface area contributed by atoms with Crippen LogP contribution >= 0.6 is 11.3 Å². The molecule has 0 aromatic carbocycles. The number of hydrogen-bond acceptors (Lipinski definition) is 5. The topological polar surface area (TPSA) is 75.4 Å². The lowest BCUT2D eigenvalue weighted by molar-refractivity contribution is -0.380. The van der Waals surface area contributed by atoms with E-state index in [4.69, 9.17) is 0 Å². The van der Waals surface area contributed by atoms with E-state index in [1.54, 1.807) is 6.07 Å². The molecule has 0 radical (unpaired) electrons. The van der Waals surface area contributed by atoms with Crippen LogP contribution in [0.2, 0.25) is 0 Å². The van der Waals surface area contributed by atoms with Gasteiger partial charge in [-0.25, -0.2) is 0 Å². The monoisotopic (exact) mass is 298 g/mol. The fourth-order valence-electron chi connectivity index (χ4n) is 2.98. The second kappa shape index (κ2) is 7.71. The van der Waals surface area contributed by atoms with E-state index < -0.39 is 0 Å². The number of nitro groups is 1. The van der Waals surface area contributed by atoms with Gasteiger partial charge in [0.1, 0.15) is 0 Å². The largest absolute Gasteiger partial charge is 0.396 e. The summed E-state index contributed by atoms with van der Waals surface area (Å²) in [4.78, 5) is 10.3. The van der Waals surface area contributed by atoms with Crippen molar-refractivity contribution in [2.45, 2.75) is 51.1 Å². The molecular weight excluding hydrogens is 276 g/mol. The van der Waals surface area contributed by atoms with Crippen LogP contribution in [0.5, 0.6) is 0 Å². The minimum atomic E-state index is -0.347. The van der Waals surface area contributed by atoms with E-state index in [9.17, 15) is 15.2 Å². The molecule has 1 aliphatic rings. The molecule has 1 heterocycles. The summed E-state index contributed by atoms with van der Waals surface area (Å²) in [6.07, 6.45) is 7.08. The molecule has 0 saturated heterocycles. The smallest absolute Gasteiger partial charge is 0.324 e. The van der Waals surface area contributed by atoms with Crippen LogP contribution in [0, 0.1) is 16.0 Å². The van der Waals surface area contributed by atoms with Crippen molar-refractivity contribution in [3.05, 3.63) is 27.1 Å². The van der Waals surface area contributed by atoms with E-state index in [0.717, 1.165) is 12.0 Å². The van der Waals surface area contributed by atoms with Crippen molar-refractivity contribution in [3.63, 3.8) is 0 Å². The van der Waals surface area contributed by atoms with E-state index in [1.807, 2.05) is 5.38 Å². The Labute approximate surface area is 123 Å². The Kier molecular flexibility index (Phi) is 5.94.